The number of aromatic nitrogens is 2. The molecule has 6 heteroatoms. The first-order valence-electron chi connectivity index (χ1n) is 3.08. The van der Waals surface area contributed by atoms with Crippen molar-refractivity contribution in [3.05, 3.63) is 32.6 Å². The van der Waals surface area contributed by atoms with Crippen LogP contribution in [0.25, 0.3) is 0 Å². The standard InChI is InChI=1S/C6H6N2O4/c1-3-2-4(9)7-5(10)8(3)6(11)12/h2H,1H3,(H,11,12)(H,7,9,10). The van der Waals surface area contributed by atoms with Crippen molar-refractivity contribution in [3.8, 4) is 0 Å². The maximum Gasteiger partial charge on any atom is 0.419 e. The van der Waals surface area contributed by atoms with Crippen LogP contribution in [0.5, 0.6) is 0 Å². The number of aryl methyl sites for hydroxylation is 1. The van der Waals surface area contributed by atoms with Crippen LogP contribution in [-0.4, -0.2) is 20.8 Å². The van der Waals surface area contributed by atoms with Gasteiger partial charge in [-0.1, -0.05) is 0 Å². The normalized spacial score (nSPS) is 9.75. The summed E-state index contributed by atoms with van der Waals surface area (Å²) >= 11 is 0. The molecule has 0 aliphatic carbocycles. The average Bonchev–Trinajstić information content (AvgIpc) is 1.82. The number of hydrogen-bond donors (Lipinski definition) is 2. The zero-order valence-corrected chi connectivity index (χ0v) is 6.20. The molecule has 64 valence electrons. The molecule has 1 aromatic rings. The van der Waals surface area contributed by atoms with E-state index >= 15 is 0 Å². The van der Waals surface area contributed by atoms with E-state index in [1.165, 1.54) is 6.92 Å². The van der Waals surface area contributed by atoms with Crippen LogP contribution in [0.4, 0.5) is 4.79 Å². The van der Waals surface area contributed by atoms with Crippen molar-refractivity contribution in [1.29, 1.82) is 0 Å². The molecular formula is C6H6N2O4. The first kappa shape index (κ1) is 8.25. The molecule has 6 nitrogen and oxygen atoms in total. The summed E-state index contributed by atoms with van der Waals surface area (Å²) < 4.78 is 0.460. The van der Waals surface area contributed by atoms with Gasteiger partial charge < -0.3 is 5.11 Å². The van der Waals surface area contributed by atoms with E-state index in [1.54, 1.807) is 0 Å². The zero-order chi connectivity index (χ0) is 9.30. The minimum absolute atomic E-state index is 0.0938. The predicted octanol–water partition coefficient (Wildman–Crippen LogP) is -0.629. The molecule has 0 atom stereocenters. The zero-order valence-electron chi connectivity index (χ0n) is 6.20. The molecule has 0 radical (unpaired) electrons. The van der Waals surface area contributed by atoms with Crippen molar-refractivity contribution in [1.82, 2.24) is 9.55 Å². The number of H-pyrrole nitrogens is 1. The Balaban J connectivity index is 3.60. The largest absolute Gasteiger partial charge is 0.464 e. The fourth-order valence-electron chi connectivity index (χ4n) is 0.850. The van der Waals surface area contributed by atoms with Crippen LogP contribution in [-0.2, 0) is 0 Å². The third-order valence-electron chi connectivity index (χ3n) is 1.32. The van der Waals surface area contributed by atoms with E-state index in [-0.39, 0.29) is 5.69 Å². The molecule has 0 saturated carbocycles. The molecule has 1 aromatic heterocycles. The molecule has 0 fully saturated rings. The minimum atomic E-state index is -1.41. The third-order valence-corrected chi connectivity index (χ3v) is 1.32. The summed E-state index contributed by atoms with van der Waals surface area (Å²) in [5, 5.41) is 8.48. The summed E-state index contributed by atoms with van der Waals surface area (Å²) in [4.78, 5) is 33.7. The summed E-state index contributed by atoms with van der Waals surface area (Å²) in [6.07, 6.45) is -1.41. The Morgan fingerprint density at radius 2 is 2.17 bits per heavy atom. The Labute approximate surface area is 66.1 Å². The lowest BCUT2D eigenvalue weighted by Crippen LogP contribution is -2.34. The van der Waals surface area contributed by atoms with E-state index in [4.69, 9.17) is 5.11 Å². The topological polar surface area (TPSA) is 92.2 Å². The summed E-state index contributed by atoms with van der Waals surface area (Å²) in [6, 6.07) is 1.04. The van der Waals surface area contributed by atoms with Gasteiger partial charge in [0, 0.05) is 11.8 Å². The van der Waals surface area contributed by atoms with Crippen LogP contribution >= 0.6 is 0 Å². The molecular weight excluding hydrogens is 164 g/mol. The fourth-order valence-corrected chi connectivity index (χ4v) is 0.850. The number of rotatable bonds is 0. The van der Waals surface area contributed by atoms with Gasteiger partial charge in [0.15, 0.2) is 0 Å². The Morgan fingerprint density at radius 1 is 1.58 bits per heavy atom. The van der Waals surface area contributed by atoms with Crippen LogP contribution in [0.15, 0.2) is 15.7 Å². The first-order chi connectivity index (χ1) is 5.52. The van der Waals surface area contributed by atoms with Crippen molar-refractivity contribution in [2.24, 2.45) is 0 Å². The molecule has 0 aliphatic heterocycles. The van der Waals surface area contributed by atoms with E-state index < -0.39 is 17.3 Å². The van der Waals surface area contributed by atoms with E-state index in [9.17, 15) is 14.4 Å². The van der Waals surface area contributed by atoms with Gasteiger partial charge in [0.25, 0.3) is 5.56 Å². The summed E-state index contributed by atoms with van der Waals surface area (Å²) in [7, 11) is 0. The predicted molar refractivity (Wildman–Crippen MR) is 39.5 cm³/mol. The third kappa shape index (κ3) is 1.26. The Morgan fingerprint density at radius 3 is 2.58 bits per heavy atom. The molecule has 12 heavy (non-hydrogen) atoms. The van der Waals surface area contributed by atoms with E-state index in [0.717, 1.165) is 6.07 Å². The number of carbonyl (C=O) groups is 1. The maximum atomic E-state index is 10.8. The fraction of sp³-hybridized carbons (Fsp3) is 0.167. The second kappa shape index (κ2) is 2.65. The smallest absolute Gasteiger partial charge is 0.419 e. The van der Waals surface area contributed by atoms with Crippen molar-refractivity contribution >= 4 is 6.09 Å². The van der Waals surface area contributed by atoms with Gasteiger partial charge in [0.2, 0.25) is 0 Å². The molecule has 1 heterocycles. The van der Waals surface area contributed by atoms with Crippen LogP contribution in [0, 0.1) is 6.92 Å². The lowest BCUT2D eigenvalue weighted by molar-refractivity contribution is 0.194. The van der Waals surface area contributed by atoms with Gasteiger partial charge in [-0.25, -0.2) is 14.2 Å². The highest BCUT2D eigenvalue weighted by Gasteiger charge is 2.07. The quantitative estimate of drug-likeness (QED) is 0.542. The molecule has 0 bridgehead atoms. The number of nitrogens with zero attached hydrogens (tertiary/aromatic N) is 1. The lowest BCUT2D eigenvalue weighted by atomic mass is 10.4. The molecule has 0 aromatic carbocycles. The number of hydrogen-bond acceptors (Lipinski definition) is 3. The van der Waals surface area contributed by atoms with Crippen LogP contribution in [0.3, 0.4) is 0 Å². The maximum absolute atomic E-state index is 10.8. The second-order valence-electron chi connectivity index (χ2n) is 2.20. The van der Waals surface area contributed by atoms with Crippen LogP contribution < -0.4 is 11.2 Å². The van der Waals surface area contributed by atoms with Gasteiger partial charge in [-0.2, -0.15) is 0 Å². The van der Waals surface area contributed by atoms with Gasteiger partial charge in [-0.15, -0.1) is 0 Å². The van der Waals surface area contributed by atoms with Gasteiger partial charge in [0.05, 0.1) is 0 Å². The number of carboxylic acid groups (broad SMARTS) is 1. The summed E-state index contributed by atoms with van der Waals surface area (Å²) in [5.74, 6) is 0. The van der Waals surface area contributed by atoms with Crippen molar-refractivity contribution in [2.75, 3.05) is 0 Å². The molecule has 0 aliphatic rings. The molecule has 0 unspecified atom stereocenters. The van der Waals surface area contributed by atoms with Crippen molar-refractivity contribution in [3.63, 3.8) is 0 Å². The highest BCUT2D eigenvalue weighted by molar-refractivity contribution is 5.68. The highest BCUT2D eigenvalue weighted by Crippen LogP contribution is 1.86. The van der Waals surface area contributed by atoms with Gasteiger partial charge in [-0.3, -0.25) is 9.78 Å². The molecule has 0 spiro atoms. The molecule has 0 amide bonds. The Kier molecular flexibility index (Phi) is 1.82. The molecule has 1 rings (SSSR count). The van der Waals surface area contributed by atoms with Gasteiger partial charge in [-0.05, 0) is 6.92 Å². The average molecular weight is 170 g/mol. The van der Waals surface area contributed by atoms with Crippen LogP contribution in [0.1, 0.15) is 5.69 Å². The molecule has 0 saturated heterocycles. The van der Waals surface area contributed by atoms with Gasteiger partial charge in [0.1, 0.15) is 0 Å². The highest BCUT2D eigenvalue weighted by atomic mass is 16.4. The van der Waals surface area contributed by atoms with Crippen molar-refractivity contribution in [2.45, 2.75) is 6.92 Å². The van der Waals surface area contributed by atoms with Crippen molar-refractivity contribution < 1.29 is 9.90 Å². The Bertz CT molecular complexity index is 428. The second-order valence-corrected chi connectivity index (χ2v) is 2.20. The lowest BCUT2D eigenvalue weighted by Gasteiger charge is -2.00. The van der Waals surface area contributed by atoms with Crippen LogP contribution in [0.2, 0.25) is 0 Å². The SMILES string of the molecule is Cc1cc(=O)[nH]c(=O)n1C(=O)O. The van der Waals surface area contributed by atoms with Gasteiger partial charge >= 0.3 is 11.8 Å². The van der Waals surface area contributed by atoms with E-state index in [2.05, 4.69) is 0 Å². The molecule has 2 N–H and O–H groups in total. The van der Waals surface area contributed by atoms with E-state index in [1.807, 2.05) is 4.98 Å². The summed E-state index contributed by atoms with van der Waals surface area (Å²) in [6.45, 7) is 1.37. The Hall–Kier alpha value is -1.85. The number of nitrogens with one attached hydrogen (secondary N) is 1. The number of aromatic amines is 1. The minimum Gasteiger partial charge on any atom is -0.464 e. The summed E-state index contributed by atoms with van der Waals surface area (Å²) in [5.41, 5.74) is -1.45. The first-order valence-corrected chi connectivity index (χ1v) is 3.08. The van der Waals surface area contributed by atoms with E-state index in [0.29, 0.717) is 4.57 Å². The monoisotopic (exact) mass is 170 g/mol.